The topological polar surface area (TPSA) is 95.9 Å². The van der Waals surface area contributed by atoms with Gasteiger partial charge in [0.25, 0.3) is 0 Å². The highest BCUT2D eigenvalue weighted by Crippen LogP contribution is 2.41. The summed E-state index contributed by atoms with van der Waals surface area (Å²) in [6.45, 7) is 3.90. The summed E-state index contributed by atoms with van der Waals surface area (Å²) in [6.07, 6.45) is 2.60. The highest BCUT2D eigenvalue weighted by Gasteiger charge is 2.33. The molecule has 154 valence electrons. The van der Waals surface area contributed by atoms with Crippen LogP contribution < -0.4 is 5.32 Å². The first-order valence-electron chi connectivity index (χ1n) is 9.09. The van der Waals surface area contributed by atoms with E-state index in [0.717, 1.165) is 16.1 Å². The van der Waals surface area contributed by atoms with Gasteiger partial charge in [-0.3, -0.25) is 5.32 Å². The highest BCUT2D eigenvalue weighted by atomic mass is 79.9. The predicted molar refractivity (Wildman–Crippen MR) is 115 cm³/mol. The maximum atomic E-state index is 12.5. The van der Waals surface area contributed by atoms with Crippen LogP contribution in [-0.4, -0.2) is 22.3 Å². The molecule has 3 N–H and O–H groups in total. The van der Waals surface area contributed by atoms with Crippen molar-refractivity contribution in [3.05, 3.63) is 70.7 Å². The molecular weight excluding hydrogens is 438 g/mol. The van der Waals surface area contributed by atoms with E-state index in [4.69, 9.17) is 9.84 Å². The third-order valence-electron chi connectivity index (χ3n) is 4.44. The molecule has 2 rings (SSSR count). The smallest absolute Gasteiger partial charge is 0.412 e. The van der Waals surface area contributed by atoms with Crippen molar-refractivity contribution in [2.24, 2.45) is 5.41 Å². The van der Waals surface area contributed by atoms with Gasteiger partial charge < -0.3 is 14.9 Å². The second-order valence-corrected chi connectivity index (χ2v) is 8.19. The van der Waals surface area contributed by atoms with Crippen molar-refractivity contribution in [2.75, 3.05) is 5.32 Å². The molecule has 0 spiro atoms. The Balaban J connectivity index is 2.17. The van der Waals surface area contributed by atoms with Crippen LogP contribution in [0.1, 0.15) is 38.4 Å². The van der Waals surface area contributed by atoms with Gasteiger partial charge in [-0.15, -0.1) is 0 Å². The Kier molecular flexibility index (Phi) is 7.84. The van der Waals surface area contributed by atoms with Gasteiger partial charge in [0.1, 0.15) is 11.9 Å². The van der Waals surface area contributed by atoms with Crippen molar-refractivity contribution < 1.29 is 24.5 Å². The number of hydrogen-bond donors (Lipinski definition) is 3. The van der Waals surface area contributed by atoms with Crippen molar-refractivity contribution in [1.29, 1.82) is 0 Å². The van der Waals surface area contributed by atoms with Gasteiger partial charge in [0.2, 0.25) is 0 Å². The van der Waals surface area contributed by atoms with Gasteiger partial charge in [-0.2, -0.15) is 0 Å². The number of anilines is 1. The van der Waals surface area contributed by atoms with Crippen LogP contribution in [0.15, 0.2) is 65.2 Å². The van der Waals surface area contributed by atoms with E-state index in [0.29, 0.717) is 18.5 Å². The quantitative estimate of drug-likeness (QED) is 0.425. The monoisotopic (exact) mass is 461 g/mol. The molecule has 0 aliphatic rings. The minimum Gasteiger partial charge on any atom is -0.508 e. The minimum absolute atomic E-state index is 0.119. The van der Waals surface area contributed by atoms with Crippen LogP contribution >= 0.6 is 15.9 Å². The first kappa shape index (κ1) is 22.5. The summed E-state index contributed by atoms with van der Waals surface area (Å²) in [6, 6.07) is 13.6. The Hall–Kier alpha value is -2.80. The van der Waals surface area contributed by atoms with Gasteiger partial charge in [0.15, 0.2) is 0 Å². The molecule has 2 aromatic carbocycles. The lowest BCUT2D eigenvalue weighted by Gasteiger charge is -2.34. The van der Waals surface area contributed by atoms with Crippen LogP contribution in [0.5, 0.6) is 5.75 Å². The first-order valence-corrected chi connectivity index (χ1v) is 9.88. The maximum Gasteiger partial charge on any atom is 0.412 e. The zero-order chi connectivity index (χ0) is 21.4. The molecule has 0 aliphatic carbocycles. The fourth-order valence-electron chi connectivity index (χ4n) is 2.89. The molecule has 0 unspecified atom stereocenters. The van der Waals surface area contributed by atoms with Crippen LogP contribution in [0.3, 0.4) is 0 Å². The average molecular weight is 462 g/mol. The standard InChI is InChI=1S/C22H24BrNO5/c1-22(2,14-4-3-5-19(26)27)20(15-6-12-18(25)13-7-15)29-21(28)24-17-10-8-16(23)9-11-17/h3,5-13,20,25H,4,14H2,1-2H3,(H,24,28)(H,26,27)/b5-3+/t20-/m1/s1. The SMILES string of the molecule is CC(C)(CC/C=C/C(=O)O)[C@H](OC(=O)Nc1ccc(Br)cc1)c1ccc(O)cc1. The van der Waals surface area contributed by atoms with E-state index >= 15 is 0 Å². The first-order chi connectivity index (χ1) is 13.7. The normalized spacial score (nSPS) is 12.5. The number of hydrogen-bond acceptors (Lipinski definition) is 4. The Morgan fingerprint density at radius 1 is 1.14 bits per heavy atom. The molecule has 1 amide bonds. The number of carboxylic acids is 1. The van der Waals surface area contributed by atoms with E-state index in [-0.39, 0.29) is 5.75 Å². The third-order valence-corrected chi connectivity index (χ3v) is 4.97. The van der Waals surface area contributed by atoms with Crippen molar-refractivity contribution in [3.63, 3.8) is 0 Å². The third kappa shape index (κ3) is 7.27. The van der Waals surface area contributed by atoms with Crippen molar-refractivity contribution in [3.8, 4) is 5.75 Å². The number of phenols is 1. The molecule has 0 saturated carbocycles. The second-order valence-electron chi connectivity index (χ2n) is 7.28. The predicted octanol–water partition coefficient (Wildman–Crippen LogP) is 5.89. The van der Waals surface area contributed by atoms with Gasteiger partial charge in [-0.25, -0.2) is 9.59 Å². The maximum absolute atomic E-state index is 12.5. The number of carboxylic acid groups (broad SMARTS) is 1. The zero-order valence-electron chi connectivity index (χ0n) is 16.3. The van der Waals surface area contributed by atoms with E-state index in [2.05, 4.69) is 21.2 Å². The fourth-order valence-corrected chi connectivity index (χ4v) is 3.15. The van der Waals surface area contributed by atoms with Crippen molar-refractivity contribution >= 4 is 33.7 Å². The number of phenolic OH excluding ortho intramolecular Hbond substituents is 1. The van der Waals surface area contributed by atoms with E-state index in [9.17, 15) is 14.7 Å². The number of aliphatic carboxylic acids is 1. The zero-order valence-corrected chi connectivity index (χ0v) is 17.8. The summed E-state index contributed by atoms with van der Waals surface area (Å²) in [5.74, 6) is -0.878. The molecule has 7 heteroatoms. The van der Waals surface area contributed by atoms with Crippen LogP contribution in [0.25, 0.3) is 0 Å². The molecule has 2 aromatic rings. The van der Waals surface area contributed by atoms with E-state index in [1.807, 2.05) is 26.0 Å². The number of allylic oxidation sites excluding steroid dienone is 1. The van der Waals surface area contributed by atoms with Crippen LogP contribution in [0.2, 0.25) is 0 Å². The number of carbonyl (C=O) groups excluding carboxylic acids is 1. The molecule has 0 aromatic heterocycles. The highest BCUT2D eigenvalue weighted by molar-refractivity contribution is 9.10. The molecule has 6 nitrogen and oxygen atoms in total. The van der Waals surface area contributed by atoms with E-state index in [1.54, 1.807) is 42.5 Å². The summed E-state index contributed by atoms with van der Waals surface area (Å²) in [5, 5.41) is 21.0. The number of nitrogens with one attached hydrogen (secondary N) is 1. The molecule has 0 bridgehead atoms. The lowest BCUT2D eigenvalue weighted by molar-refractivity contribution is -0.131. The molecule has 0 fully saturated rings. The Morgan fingerprint density at radius 2 is 1.76 bits per heavy atom. The average Bonchev–Trinajstić information content (AvgIpc) is 2.66. The summed E-state index contributed by atoms with van der Waals surface area (Å²) < 4.78 is 6.67. The number of amides is 1. The van der Waals surface area contributed by atoms with E-state index < -0.39 is 23.6 Å². The van der Waals surface area contributed by atoms with Crippen LogP contribution in [-0.2, 0) is 9.53 Å². The number of carbonyl (C=O) groups is 2. The van der Waals surface area contributed by atoms with Gasteiger partial charge >= 0.3 is 12.1 Å². The fraction of sp³-hybridized carbons (Fsp3) is 0.273. The lowest BCUT2D eigenvalue weighted by Crippen LogP contribution is -2.29. The molecular formula is C22H24BrNO5. The lowest BCUT2D eigenvalue weighted by atomic mass is 9.78. The van der Waals surface area contributed by atoms with Gasteiger partial charge in [0, 0.05) is 21.7 Å². The molecule has 0 saturated heterocycles. The largest absolute Gasteiger partial charge is 0.508 e. The minimum atomic E-state index is -0.997. The summed E-state index contributed by atoms with van der Waals surface area (Å²) >= 11 is 3.35. The number of halogens is 1. The number of benzene rings is 2. The molecule has 29 heavy (non-hydrogen) atoms. The molecule has 0 aliphatic heterocycles. The molecule has 0 radical (unpaired) electrons. The van der Waals surface area contributed by atoms with Crippen LogP contribution in [0, 0.1) is 5.41 Å². The van der Waals surface area contributed by atoms with Gasteiger partial charge in [-0.05, 0) is 54.8 Å². The molecule has 1 atom stereocenters. The van der Waals surface area contributed by atoms with Crippen molar-refractivity contribution in [2.45, 2.75) is 32.8 Å². The molecule has 0 heterocycles. The van der Waals surface area contributed by atoms with Gasteiger partial charge in [-0.1, -0.05) is 48.0 Å². The summed E-state index contributed by atoms with van der Waals surface area (Å²) in [4.78, 5) is 23.2. The second kappa shape index (κ2) is 10.1. The Bertz CT molecular complexity index is 860. The van der Waals surface area contributed by atoms with Crippen LogP contribution in [0.4, 0.5) is 10.5 Å². The Morgan fingerprint density at radius 3 is 2.34 bits per heavy atom. The number of aromatic hydroxyl groups is 1. The number of ether oxygens (including phenoxy) is 1. The Labute approximate surface area is 178 Å². The summed E-state index contributed by atoms with van der Waals surface area (Å²) in [5.41, 5.74) is 0.850. The summed E-state index contributed by atoms with van der Waals surface area (Å²) in [7, 11) is 0. The van der Waals surface area contributed by atoms with E-state index in [1.165, 1.54) is 0 Å². The number of rotatable bonds is 8. The van der Waals surface area contributed by atoms with Gasteiger partial charge in [0.05, 0.1) is 0 Å². The van der Waals surface area contributed by atoms with Crippen molar-refractivity contribution in [1.82, 2.24) is 0 Å².